The summed E-state index contributed by atoms with van der Waals surface area (Å²) in [4.78, 5) is 27.4. The minimum absolute atomic E-state index is 0. The Balaban J connectivity index is 0.00000370. The molecule has 1 aliphatic carbocycles. The third-order valence-electron chi connectivity index (χ3n) is 7.75. The number of oxazole rings is 1. The van der Waals surface area contributed by atoms with Crippen molar-refractivity contribution < 1.29 is 19.1 Å². The number of aliphatic hydroxyl groups is 1. The summed E-state index contributed by atoms with van der Waals surface area (Å²) in [7, 11) is 0. The largest absolute Gasteiger partial charge is 0.485 e. The maximum Gasteiger partial charge on any atom is 0.270 e. The molecule has 0 saturated heterocycles. The number of β-amino-alcohol motifs (C(OH)–C–C–N with tert-alkyl or cyclic N) is 1. The molecule has 3 N–H and O–H groups in total. The molecular weight excluding hydrogens is 528 g/mol. The monoisotopic (exact) mass is 568 g/mol. The second kappa shape index (κ2) is 14.0. The number of nitrogens with one attached hydrogen (secondary N) is 2. The van der Waals surface area contributed by atoms with Crippen molar-refractivity contribution in [3.8, 4) is 5.75 Å². The first-order valence-electron chi connectivity index (χ1n) is 13.9. The van der Waals surface area contributed by atoms with Gasteiger partial charge in [-0.3, -0.25) is 9.69 Å². The minimum Gasteiger partial charge on any atom is -0.485 e. The lowest BCUT2D eigenvalue weighted by molar-refractivity contribution is 0.0837. The lowest BCUT2D eigenvalue weighted by Gasteiger charge is -2.31. The molecule has 1 amide bonds. The number of aromatic nitrogens is 3. The zero-order chi connectivity index (χ0) is 27.2. The van der Waals surface area contributed by atoms with Gasteiger partial charge in [-0.25, -0.2) is 15.0 Å². The molecule has 0 spiro atoms. The normalized spacial score (nSPS) is 16.5. The molecule has 0 bridgehead atoms. The molecule has 2 aromatic heterocycles. The molecule has 0 radical (unpaired) electrons. The highest BCUT2D eigenvalue weighted by Gasteiger charge is 2.22. The molecule has 1 fully saturated rings. The van der Waals surface area contributed by atoms with E-state index >= 15 is 0 Å². The van der Waals surface area contributed by atoms with Crippen molar-refractivity contribution in [3.05, 3.63) is 64.8 Å². The van der Waals surface area contributed by atoms with Gasteiger partial charge in [-0.1, -0.05) is 25.3 Å². The number of anilines is 1. The van der Waals surface area contributed by atoms with Gasteiger partial charge >= 0.3 is 0 Å². The topological polar surface area (TPSA) is 126 Å². The third kappa shape index (κ3) is 7.52. The number of rotatable bonds is 10. The molecule has 1 aromatic carbocycles. The van der Waals surface area contributed by atoms with Gasteiger partial charge in [0, 0.05) is 38.3 Å². The number of hydrogen-bond acceptors (Lipinski definition) is 9. The Morgan fingerprint density at radius 2 is 2.02 bits per heavy atom. The first kappa shape index (κ1) is 29.8. The van der Waals surface area contributed by atoms with E-state index in [2.05, 4.69) is 43.5 Å². The first-order valence-corrected chi connectivity index (χ1v) is 13.9. The second-order valence-corrected chi connectivity index (χ2v) is 10.6. The maximum absolute atomic E-state index is 12.7. The van der Waals surface area contributed by atoms with Gasteiger partial charge in [0.2, 0.25) is 0 Å². The molecule has 40 heavy (non-hydrogen) atoms. The first-order chi connectivity index (χ1) is 19.0. The number of hydrogen-bond donors (Lipinski definition) is 3. The van der Waals surface area contributed by atoms with Crippen LogP contribution in [-0.2, 0) is 19.6 Å². The van der Waals surface area contributed by atoms with Crippen molar-refractivity contribution in [2.75, 3.05) is 25.0 Å². The van der Waals surface area contributed by atoms with E-state index in [0.717, 1.165) is 55.1 Å². The Morgan fingerprint density at radius 3 is 2.80 bits per heavy atom. The highest BCUT2D eigenvalue weighted by molar-refractivity contribution is 7.59. The lowest BCUT2D eigenvalue weighted by atomic mass is 9.94. The predicted octanol–water partition coefficient (Wildman–Crippen LogP) is 3.67. The van der Waals surface area contributed by atoms with Crippen LogP contribution < -0.4 is 15.4 Å². The molecule has 3 heterocycles. The standard InChI is InChI=1S/C29H38N6O4.H2S/c1-19-24-10-11-35(14-21(24)8-9-26(19)38-16-27-20(2)33-18-39-27)15-23(36)13-30-29(37)25-12-28(32-17-31-25)34-22-6-4-3-5-7-22;/h8-9,12,17-18,22-23,36H,3-7,10-11,13-16H2,1-2H3,(H,30,37)(H,31,32,34);1H2/t23-;/m0./s1. The van der Waals surface area contributed by atoms with Crippen LogP contribution in [0.5, 0.6) is 5.75 Å². The molecule has 1 saturated carbocycles. The van der Waals surface area contributed by atoms with Gasteiger partial charge in [0.1, 0.15) is 30.2 Å². The molecule has 216 valence electrons. The maximum atomic E-state index is 12.7. The average molecular weight is 569 g/mol. The number of amides is 1. The SMILES string of the molecule is Cc1ncoc1COc1ccc2c(c1C)CCN(C[C@@H](O)CNC(=O)c1cc(NC3CCCCC3)ncn1)C2.S. The summed E-state index contributed by atoms with van der Waals surface area (Å²) in [6, 6.07) is 6.18. The van der Waals surface area contributed by atoms with E-state index in [0.29, 0.717) is 30.7 Å². The van der Waals surface area contributed by atoms with Crippen molar-refractivity contribution in [1.29, 1.82) is 0 Å². The zero-order valence-corrected chi connectivity index (χ0v) is 24.3. The average Bonchev–Trinajstić information content (AvgIpc) is 3.36. The van der Waals surface area contributed by atoms with Crippen molar-refractivity contribution >= 4 is 25.2 Å². The van der Waals surface area contributed by atoms with E-state index in [1.165, 1.54) is 43.1 Å². The van der Waals surface area contributed by atoms with Crippen LogP contribution in [0.2, 0.25) is 0 Å². The van der Waals surface area contributed by atoms with E-state index in [4.69, 9.17) is 9.15 Å². The summed E-state index contributed by atoms with van der Waals surface area (Å²) in [6.45, 7) is 6.53. The van der Waals surface area contributed by atoms with Crippen molar-refractivity contribution in [3.63, 3.8) is 0 Å². The number of aliphatic hydroxyl groups excluding tert-OH is 1. The van der Waals surface area contributed by atoms with Crippen molar-refractivity contribution in [1.82, 2.24) is 25.2 Å². The van der Waals surface area contributed by atoms with Gasteiger partial charge in [0.15, 0.2) is 12.2 Å². The van der Waals surface area contributed by atoms with Crippen LogP contribution in [-0.4, -0.2) is 62.6 Å². The molecular formula is C29H40N6O4S. The molecule has 10 nitrogen and oxygen atoms in total. The zero-order valence-electron chi connectivity index (χ0n) is 23.3. The third-order valence-corrected chi connectivity index (χ3v) is 7.75. The fourth-order valence-corrected chi connectivity index (χ4v) is 5.48. The highest BCUT2D eigenvalue weighted by Crippen LogP contribution is 2.30. The number of benzene rings is 1. The van der Waals surface area contributed by atoms with Crippen LogP contribution in [0.4, 0.5) is 5.82 Å². The molecule has 0 unspecified atom stereocenters. The van der Waals surface area contributed by atoms with Crippen LogP contribution in [0.3, 0.4) is 0 Å². The number of aryl methyl sites for hydroxylation is 1. The molecule has 5 rings (SSSR count). The van der Waals surface area contributed by atoms with Gasteiger partial charge in [-0.05, 0) is 55.9 Å². The summed E-state index contributed by atoms with van der Waals surface area (Å²) in [5.41, 5.74) is 4.80. The van der Waals surface area contributed by atoms with Crippen LogP contribution >= 0.6 is 13.5 Å². The highest BCUT2D eigenvalue weighted by atomic mass is 32.1. The van der Waals surface area contributed by atoms with Gasteiger partial charge in [0.25, 0.3) is 5.91 Å². The Kier molecular flexibility index (Phi) is 10.4. The van der Waals surface area contributed by atoms with Crippen LogP contribution in [0, 0.1) is 13.8 Å². The van der Waals surface area contributed by atoms with Crippen molar-refractivity contribution in [2.24, 2.45) is 0 Å². The number of nitrogens with zero attached hydrogens (tertiary/aromatic N) is 4. The number of carbonyl (C=O) groups excluding carboxylic acids is 1. The Hall–Kier alpha value is -3.15. The van der Waals surface area contributed by atoms with Gasteiger partial charge in [-0.15, -0.1) is 0 Å². The van der Waals surface area contributed by atoms with E-state index in [-0.39, 0.29) is 25.9 Å². The number of ether oxygens (including phenoxy) is 1. The fraction of sp³-hybridized carbons (Fsp3) is 0.517. The van der Waals surface area contributed by atoms with Crippen LogP contribution in [0.25, 0.3) is 0 Å². The van der Waals surface area contributed by atoms with Gasteiger partial charge < -0.3 is 24.9 Å². The predicted molar refractivity (Wildman–Crippen MR) is 157 cm³/mol. The Bertz CT molecular complexity index is 1280. The Morgan fingerprint density at radius 1 is 1.20 bits per heavy atom. The van der Waals surface area contributed by atoms with E-state index in [1.54, 1.807) is 6.07 Å². The molecule has 2 aliphatic rings. The summed E-state index contributed by atoms with van der Waals surface area (Å²) >= 11 is 0. The summed E-state index contributed by atoms with van der Waals surface area (Å²) in [5.74, 6) is 1.94. The van der Waals surface area contributed by atoms with E-state index < -0.39 is 6.10 Å². The van der Waals surface area contributed by atoms with Gasteiger partial charge in [-0.2, -0.15) is 13.5 Å². The fourth-order valence-electron chi connectivity index (χ4n) is 5.48. The van der Waals surface area contributed by atoms with Crippen LogP contribution in [0.1, 0.15) is 70.7 Å². The smallest absolute Gasteiger partial charge is 0.270 e. The second-order valence-electron chi connectivity index (χ2n) is 10.6. The summed E-state index contributed by atoms with van der Waals surface area (Å²) in [5, 5.41) is 16.9. The quantitative estimate of drug-likeness (QED) is 0.336. The molecule has 11 heteroatoms. The number of carbonyl (C=O) groups is 1. The Labute approximate surface area is 242 Å². The van der Waals surface area contributed by atoms with Crippen molar-refractivity contribution in [2.45, 2.75) is 77.7 Å². The van der Waals surface area contributed by atoms with Crippen LogP contribution in [0.15, 0.2) is 35.3 Å². The molecule has 1 aliphatic heterocycles. The van der Waals surface area contributed by atoms with Gasteiger partial charge in [0.05, 0.1) is 11.8 Å². The van der Waals surface area contributed by atoms with E-state index in [1.807, 2.05) is 13.0 Å². The molecule has 1 atom stereocenters. The molecule has 3 aromatic rings. The number of fused-ring (bicyclic) bond motifs is 1. The lowest BCUT2D eigenvalue weighted by Crippen LogP contribution is -2.42. The minimum atomic E-state index is -0.689. The van der Waals surface area contributed by atoms with E-state index in [9.17, 15) is 9.90 Å². The summed E-state index contributed by atoms with van der Waals surface area (Å²) < 4.78 is 11.4. The summed E-state index contributed by atoms with van der Waals surface area (Å²) in [6.07, 6.45) is 8.99.